The first-order valence-corrected chi connectivity index (χ1v) is 9.41. The van der Waals surface area contributed by atoms with Gasteiger partial charge < -0.3 is 19.9 Å². The largest absolute Gasteiger partial charge is 0.497 e. The molecular weight excluding hydrogens is 352 g/mol. The minimum atomic E-state index is -0.359. The highest BCUT2D eigenvalue weighted by Crippen LogP contribution is 2.31. The quantitative estimate of drug-likeness (QED) is 0.716. The second kappa shape index (κ2) is 7.76. The van der Waals surface area contributed by atoms with Crippen LogP contribution in [-0.4, -0.2) is 22.7 Å². The molecule has 0 spiro atoms. The molecular formula is C22H24N4O2. The van der Waals surface area contributed by atoms with Crippen molar-refractivity contribution in [1.29, 1.82) is 0 Å². The maximum absolute atomic E-state index is 12.8. The summed E-state index contributed by atoms with van der Waals surface area (Å²) in [5.41, 5.74) is 3.45. The standard InChI is InChI=1S/C22H24N4O2/c1-26-14-13-23-21(26)20(16-7-10-17(28-2)11-8-16)25-22(27)24-19-12-9-15-5-3-4-6-18(15)19/h3-8,10-11,13-14,19-20H,9,12H2,1-2H3,(H2,24,25,27). The summed E-state index contributed by atoms with van der Waals surface area (Å²) in [5.74, 6) is 1.54. The SMILES string of the molecule is COc1ccc(C(NC(=O)NC2CCc3ccccc32)c2nccn2C)cc1. The van der Waals surface area contributed by atoms with E-state index in [1.165, 1.54) is 11.1 Å². The number of fused-ring (bicyclic) bond motifs is 1. The molecule has 2 aromatic carbocycles. The number of amides is 2. The van der Waals surface area contributed by atoms with E-state index in [9.17, 15) is 4.79 Å². The molecule has 2 unspecified atom stereocenters. The Hall–Kier alpha value is -3.28. The average molecular weight is 376 g/mol. The predicted octanol–water partition coefficient (Wildman–Crippen LogP) is 3.50. The summed E-state index contributed by atoms with van der Waals surface area (Å²) < 4.78 is 7.16. The number of hydrogen-bond donors (Lipinski definition) is 2. The summed E-state index contributed by atoms with van der Waals surface area (Å²) >= 11 is 0. The third-order valence-corrected chi connectivity index (χ3v) is 5.28. The van der Waals surface area contributed by atoms with Gasteiger partial charge in [-0.2, -0.15) is 0 Å². The lowest BCUT2D eigenvalue weighted by Gasteiger charge is -2.22. The number of imidazole rings is 1. The Balaban J connectivity index is 1.54. The van der Waals surface area contributed by atoms with Gasteiger partial charge in [0.25, 0.3) is 0 Å². The second-order valence-electron chi connectivity index (χ2n) is 7.01. The van der Waals surface area contributed by atoms with Crippen molar-refractivity contribution < 1.29 is 9.53 Å². The zero-order chi connectivity index (χ0) is 19.5. The van der Waals surface area contributed by atoms with Gasteiger partial charge in [-0.3, -0.25) is 0 Å². The molecule has 0 saturated heterocycles. The van der Waals surface area contributed by atoms with Gasteiger partial charge in [0.15, 0.2) is 0 Å². The summed E-state index contributed by atoms with van der Waals surface area (Å²) in [6, 6.07) is 15.4. The molecule has 2 atom stereocenters. The number of carbonyl (C=O) groups is 1. The van der Waals surface area contributed by atoms with E-state index < -0.39 is 0 Å². The molecule has 6 heteroatoms. The molecule has 1 aromatic heterocycles. The Morgan fingerprint density at radius 1 is 1.21 bits per heavy atom. The maximum atomic E-state index is 12.8. The zero-order valence-electron chi connectivity index (χ0n) is 16.1. The van der Waals surface area contributed by atoms with Crippen LogP contribution in [0.5, 0.6) is 5.75 Å². The lowest BCUT2D eigenvalue weighted by molar-refractivity contribution is 0.234. The van der Waals surface area contributed by atoms with E-state index in [1.54, 1.807) is 13.3 Å². The Labute approximate surface area is 164 Å². The molecule has 6 nitrogen and oxygen atoms in total. The third-order valence-electron chi connectivity index (χ3n) is 5.28. The van der Waals surface area contributed by atoms with Crippen molar-refractivity contribution in [2.75, 3.05) is 7.11 Å². The number of methoxy groups -OCH3 is 1. The van der Waals surface area contributed by atoms with E-state index in [2.05, 4.69) is 27.8 Å². The molecule has 1 aliphatic rings. The lowest BCUT2D eigenvalue weighted by atomic mass is 10.1. The minimum Gasteiger partial charge on any atom is -0.497 e. The van der Waals surface area contributed by atoms with E-state index >= 15 is 0 Å². The first-order valence-electron chi connectivity index (χ1n) is 9.41. The highest BCUT2D eigenvalue weighted by Gasteiger charge is 2.26. The molecule has 2 N–H and O–H groups in total. The normalized spacial score (nSPS) is 16.3. The number of nitrogens with zero attached hydrogens (tertiary/aromatic N) is 2. The van der Waals surface area contributed by atoms with E-state index in [0.717, 1.165) is 30.0 Å². The van der Waals surface area contributed by atoms with Crippen LogP contribution in [0.4, 0.5) is 4.79 Å². The van der Waals surface area contributed by atoms with Crippen LogP contribution in [0.1, 0.15) is 41.0 Å². The molecule has 144 valence electrons. The van der Waals surface area contributed by atoms with Crippen molar-refractivity contribution in [2.24, 2.45) is 7.05 Å². The number of ether oxygens (including phenoxy) is 1. The second-order valence-corrected chi connectivity index (χ2v) is 7.01. The predicted molar refractivity (Wildman–Crippen MR) is 107 cm³/mol. The van der Waals surface area contributed by atoms with Crippen molar-refractivity contribution in [3.8, 4) is 5.75 Å². The van der Waals surface area contributed by atoms with Gasteiger partial charge in [0.05, 0.1) is 13.2 Å². The molecule has 1 heterocycles. The van der Waals surface area contributed by atoms with Crippen molar-refractivity contribution >= 4 is 6.03 Å². The van der Waals surface area contributed by atoms with Crippen LogP contribution in [0.3, 0.4) is 0 Å². The molecule has 28 heavy (non-hydrogen) atoms. The number of benzene rings is 2. The smallest absolute Gasteiger partial charge is 0.316 e. The zero-order valence-corrected chi connectivity index (χ0v) is 16.1. The van der Waals surface area contributed by atoms with Crippen LogP contribution in [0, 0.1) is 0 Å². The fourth-order valence-electron chi connectivity index (χ4n) is 3.79. The van der Waals surface area contributed by atoms with Gasteiger partial charge in [0, 0.05) is 19.4 Å². The Bertz CT molecular complexity index is 965. The van der Waals surface area contributed by atoms with E-state index in [1.807, 2.05) is 54.2 Å². The van der Waals surface area contributed by atoms with Gasteiger partial charge in [-0.25, -0.2) is 9.78 Å². The number of aromatic nitrogens is 2. The Kier molecular flexibility index (Phi) is 5.02. The van der Waals surface area contributed by atoms with Crippen molar-refractivity contribution in [3.63, 3.8) is 0 Å². The summed E-state index contributed by atoms with van der Waals surface area (Å²) in [4.78, 5) is 17.3. The summed E-state index contributed by atoms with van der Waals surface area (Å²) in [6.07, 6.45) is 5.52. The van der Waals surface area contributed by atoms with Gasteiger partial charge in [-0.15, -0.1) is 0 Å². The molecule has 0 bridgehead atoms. The number of hydrogen-bond acceptors (Lipinski definition) is 3. The molecule has 1 aliphatic carbocycles. The van der Waals surface area contributed by atoms with Gasteiger partial charge in [-0.05, 0) is 41.7 Å². The van der Waals surface area contributed by atoms with E-state index in [-0.39, 0.29) is 18.1 Å². The first-order chi connectivity index (χ1) is 13.7. The number of rotatable bonds is 5. The Morgan fingerprint density at radius 3 is 2.71 bits per heavy atom. The third kappa shape index (κ3) is 3.58. The molecule has 0 fully saturated rings. The minimum absolute atomic E-state index is 0.0362. The molecule has 0 radical (unpaired) electrons. The lowest BCUT2D eigenvalue weighted by Crippen LogP contribution is -2.40. The van der Waals surface area contributed by atoms with Crippen molar-refractivity contribution in [1.82, 2.24) is 20.2 Å². The topological polar surface area (TPSA) is 68.2 Å². The molecule has 0 saturated carbocycles. The molecule has 0 aliphatic heterocycles. The average Bonchev–Trinajstić information content (AvgIpc) is 3.33. The molecule has 2 amide bonds. The maximum Gasteiger partial charge on any atom is 0.316 e. The fraction of sp³-hybridized carbons (Fsp3) is 0.273. The Morgan fingerprint density at radius 2 is 2.00 bits per heavy atom. The highest BCUT2D eigenvalue weighted by atomic mass is 16.5. The number of aryl methyl sites for hydroxylation is 2. The van der Waals surface area contributed by atoms with Gasteiger partial charge >= 0.3 is 6.03 Å². The van der Waals surface area contributed by atoms with Crippen LogP contribution in [0.25, 0.3) is 0 Å². The highest BCUT2D eigenvalue weighted by molar-refractivity contribution is 5.75. The van der Waals surface area contributed by atoms with Gasteiger partial charge in [0.1, 0.15) is 17.6 Å². The van der Waals surface area contributed by atoms with Crippen molar-refractivity contribution in [3.05, 3.63) is 83.4 Å². The van der Waals surface area contributed by atoms with Gasteiger partial charge in [0.2, 0.25) is 0 Å². The fourth-order valence-corrected chi connectivity index (χ4v) is 3.79. The number of nitrogens with one attached hydrogen (secondary N) is 2. The summed E-state index contributed by atoms with van der Waals surface area (Å²) in [5, 5.41) is 6.23. The molecule has 4 rings (SSSR count). The molecule has 3 aromatic rings. The van der Waals surface area contributed by atoms with Crippen LogP contribution < -0.4 is 15.4 Å². The van der Waals surface area contributed by atoms with Crippen LogP contribution in [0.2, 0.25) is 0 Å². The van der Waals surface area contributed by atoms with Crippen LogP contribution in [0.15, 0.2) is 60.9 Å². The number of carbonyl (C=O) groups excluding carboxylic acids is 1. The summed E-state index contributed by atoms with van der Waals surface area (Å²) in [6.45, 7) is 0. The van der Waals surface area contributed by atoms with Gasteiger partial charge in [-0.1, -0.05) is 36.4 Å². The number of urea groups is 1. The van der Waals surface area contributed by atoms with Crippen LogP contribution in [-0.2, 0) is 13.5 Å². The van der Waals surface area contributed by atoms with E-state index in [4.69, 9.17) is 4.74 Å². The van der Waals surface area contributed by atoms with Crippen LogP contribution >= 0.6 is 0 Å². The van der Waals surface area contributed by atoms with Crippen molar-refractivity contribution in [2.45, 2.75) is 24.9 Å². The monoisotopic (exact) mass is 376 g/mol. The first kappa shape index (κ1) is 18.1. The summed E-state index contributed by atoms with van der Waals surface area (Å²) in [7, 11) is 3.56. The van der Waals surface area contributed by atoms with E-state index in [0.29, 0.717) is 0 Å².